The fraction of sp³-hybridized carbons (Fsp3) is 0.800. The Kier molecular flexibility index (Phi) is 6.20. The minimum absolute atomic E-state index is 0.745. The van der Waals surface area contributed by atoms with Crippen LogP contribution in [0.4, 0.5) is 0 Å². The second-order valence-electron chi connectivity index (χ2n) is 3.65. The minimum atomic E-state index is 0.745. The van der Waals surface area contributed by atoms with E-state index in [9.17, 15) is 0 Å². The summed E-state index contributed by atoms with van der Waals surface area (Å²) >= 11 is 0. The molecule has 0 fully saturated rings. The molecule has 0 atom stereocenters. The van der Waals surface area contributed by atoms with Crippen LogP contribution in [0.3, 0.4) is 0 Å². The van der Waals surface area contributed by atoms with Crippen molar-refractivity contribution in [3.05, 3.63) is 0 Å². The molecule has 0 rings (SSSR count). The minimum Gasteiger partial charge on any atom is -0.363 e. The van der Waals surface area contributed by atoms with E-state index >= 15 is 0 Å². The predicted molar refractivity (Wildman–Crippen MR) is 59.6 cm³/mol. The van der Waals surface area contributed by atoms with Gasteiger partial charge < -0.3 is 4.90 Å². The molecule has 0 aliphatic rings. The van der Waals surface area contributed by atoms with Crippen molar-refractivity contribution in [3.8, 4) is 0 Å². The monoisotopic (exact) mass is 183 g/mol. The van der Waals surface area contributed by atoms with E-state index in [1.54, 1.807) is 13.4 Å². The van der Waals surface area contributed by atoms with Crippen LogP contribution in [0.2, 0.25) is 0 Å². The molecule has 0 radical (unpaired) electrons. The molecule has 0 unspecified atom stereocenters. The summed E-state index contributed by atoms with van der Waals surface area (Å²) < 4.78 is 0. The van der Waals surface area contributed by atoms with Crippen LogP contribution in [-0.4, -0.2) is 37.7 Å². The summed E-state index contributed by atoms with van der Waals surface area (Å²) in [6, 6.07) is 0. The quantitative estimate of drug-likeness (QED) is 0.484. The van der Waals surface area contributed by atoms with Gasteiger partial charge in [0.15, 0.2) is 0 Å². The maximum atomic E-state index is 4.17. The highest BCUT2D eigenvalue weighted by atomic mass is 15.2. The van der Waals surface area contributed by atoms with Gasteiger partial charge in [0, 0.05) is 20.6 Å². The van der Waals surface area contributed by atoms with E-state index in [0.717, 1.165) is 18.3 Å². The summed E-state index contributed by atoms with van der Waals surface area (Å²) in [4.78, 5) is 10.1. The predicted octanol–water partition coefficient (Wildman–Crippen LogP) is 2.04. The average molecular weight is 183 g/mol. The smallest absolute Gasteiger partial charge is 0.111 e. The first-order valence-electron chi connectivity index (χ1n) is 4.74. The zero-order valence-electron chi connectivity index (χ0n) is 9.41. The van der Waals surface area contributed by atoms with Crippen LogP contribution in [0.5, 0.6) is 0 Å². The zero-order valence-corrected chi connectivity index (χ0v) is 9.41. The molecule has 76 valence electrons. The molecule has 0 N–H and O–H groups in total. The Morgan fingerprint density at radius 2 is 2.08 bits per heavy atom. The van der Waals surface area contributed by atoms with E-state index in [4.69, 9.17) is 0 Å². The highest BCUT2D eigenvalue weighted by Crippen LogP contribution is 2.00. The number of hydrogen-bond donors (Lipinski definition) is 0. The van der Waals surface area contributed by atoms with Crippen molar-refractivity contribution in [2.75, 3.05) is 20.6 Å². The molecule has 0 saturated carbocycles. The van der Waals surface area contributed by atoms with Crippen LogP contribution in [0, 0.1) is 5.92 Å². The van der Waals surface area contributed by atoms with Crippen molar-refractivity contribution in [1.82, 2.24) is 4.90 Å². The number of hydrogen-bond acceptors (Lipinski definition) is 1. The molecule has 0 heterocycles. The van der Waals surface area contributed by atoms with Crippen molar-refractivity contribution in [2.24, 2.45) is 15.9 Å². The lowest BCUT2D eigenvalue weighted by Gasteiger charge is -2.18. The summed E-state index contributed by atoms with van der Waals surface area (Å²) in [5.41, 5.74) is 0. The lowest BCUT2D eigenvalue weighted by Crippen LogP contribution is -2.26. The van der Waals surface area contributed by atoms with Gasteiger partial charge in [-0.05, 0) is 19.3 Å². The van der Waals surface area contributed by atoms with E-state index in [0.29, 0.717) is 0 Å². The molecule has 3 heteroatoms. The highest BCUT2D eigenvalue weighted by molar-refractivity contribution is 5.86. The molecule has 13 heavy (non-hydrogen) atoms. The van der Waals surface area contributed by atoms with Crippen molar-refractivity contribution in [2.45, 2.75) is 27.2 Å². The Bertz CT molecular complexity index is 183. The summed E-state index contributed by atoms with van der Waals surface area (Å²) in [6.45, 7) is 7.52. The Labute approximate surface area is 81.6 Å². The van der Waals surface area contributed by atoms with E-state index in [1.165, 1.54) is 6.42 Å². The van der Waals surface area contributed by atoms with Gasteiger partial charge in [0.25, 0.3) is 0 Å². The van der Waals surface area contributed by atoms with Crippen LogP contribution >= 0.6 is 0 Å². The first-order valence-corrected chi connectivity index (χ1v) is 4.74. The lowest BCUT2D eigenvalue weighted by atomic mass is 10.1. The van der Waals surface area contributed by atoms with Gasteiger partial charge in [0.05, 0.1) is 0 Å². The van der Waals surface area contributed by atoms with E-state index in [2.05, 4.69) is 35.8 Å². The Morgan fingerprint density at radius 1 is 1.46 bits per heavy atom. The first-order chi connectivity index (χ1) is 6.07. The second-order valence-corrected chi connectivity index (χ2v) is 3.65. The Morgan fingerprint density at radius 3 is 2.54 bits per heavy atom. The van der Waals surface area contributed by atoms with Crippen molar-refractivity contribution in [1.29, 1.82) is 0 Å². The Hall–Kier alpha value is -0.860. The molecule has 0 aliphatic heterocycles. The average Bonchev–Trinajstić information content (AvgIpc) is 2.10. The van der Waals surface area contributed by atoms with Crippen LogP contribution < -0.4 is 0 Å². The molecule has 0 aromatic heterocycles. The largest absolute Gasteiger partial charge is 0.363 e. The third-order valence-corrected chi connectivity index (χ3v) is 1.95. The molecule has 0 aliphatic carbocycles. The third kappa shape index (κ3) is 6.31. The fourth-order valence-electron chi connectivity index (χ4n) is 0.854. The third-order valence-electron chi connectivity index (χ3n) is 1.95. The molecule has 0 bridgehead atoms. The molecule has 0 aromatic carbocycles. The van der Waals surface area contributed by atoms with Gasteiger partial charge in [-0.15, -0.1) is 0 Å². The fourth-order valence-corrected chi connectivity index (χ4v) is 0.854. The van der Waals surface area contributed by atoms with Crippen molar-refractivity contribution >= 4 is 12.2 Å². The van der Waals surface area contributed by atoms with Crippen molar-refractivity contribution < 1.29 is 0 Å². The van der Waals surface area contributed by atoms with Crippen molar-refractivity contribution in [3.63, 3.8) is 0 Å². The maximum absolute atomic E-state index is 4.17. The molecular formula is C10H21N3. The van der Waals surface area contributed by atoms with Gasteiger partial charge >= 0.3 is 0 Å². The molecule has 0 aromatic rings. The SMILES string of the molecule is CN=CN=C(C)N(C)CCC(C)C. The summed E-state index contributed by atoms with van der Waals surface area (Å²) in [7, 11) is 3.79. The topological polar surface area (TPSA) is 28.0 Å². The van der Waals surface area contributed by atoms with Gasteiger partial charge in [0.2, 0.25) is 0 Å². The van der Waals surface area contributed by atoms with Crippen LogP contribution in [0.25, 0.3) is 0 Å². The normalized spacial score (nSPS) is 12.9. The molecule has 0 saturated heterocycles. The number of aliphatic imine (C=N–C) groups is 2. The van der Waals surface area contributed by atoms with E-state index in [-0.39, 0.29) is 0 Å². The van der Waals surface area contributed by atoms with Gasteiger partial charge in [0.1, 0.15) is 12.2 Å². The number of amidine groups is 1. The van der Waals surface area contributed by atoms with Gasteiger partial charge in [-0.25, -0.2) is 4.99 Å². The first kappa shape index (κ1) is 12.1. The zero-order chi connectivity index (χ0) is 10.3. The Balaban J connectivity index is 3.88. The van der Waals surface area contributed by atoms with E-state index in [1.807, 2.05) is 6.92 Å². The van der Waals surface area contributed by atoms with Gasteiger partial charge in [-0.2, -0.15) is 0 Å². The molecule has 0 spiro atoms. The van der Waals surface area contributed by atoms with Crippen LogP contribution in [0.15, 0.2) is 9.98 Å². The molecular weight excluding hydrogens is 162 g/mol. The van der Waals surface area contributed by atoms with Crippen LogP contribution in [0.1, 0.15) is 27.2 Å². The summed E-state index contributed by atoms with van der Waals surface area (Å²) in [5.74, 6) is 1.77. The van der Waals surface area contributed by atoms with Crippen LogP contribution in [-0.2, 0) is 0 Å². The lowest BCUT2D eigenvalue weighted by molar-refractivity contribution is 0.436. The number of rotatable bonds is 4. The second kappa shape index (κ2) is 6.63. The molecule has 0 amide bonds. The number of nitrogens with zero attached hydrogens (tertiary/aromatic N) is 3. The van der Waals surface area contributed by atoms with Gasteiger partial charge in [-0.1, -0.05) is 13.8 Å². The molecule has 3 nitrogen and oxygen atoms in total. The van der Waals surface area contributed by atoms with E-state index < -0.39 is 0 Å². The summed E-state index contributed by atoms with van der Waals surface area (Å²) in [5, 5.41) is 0. The maximum Gasteiger partial charge on any atom is 0.111 e. The summed E-state index contributed by atoms with van der Waals surface area (Å²) in [6.07, 6.45) is 2.79. The van der Waals surface area contributed by atoms with Gasteiger partial charge in [-0.3, -0.25) is 4.99 Å². The standard InChI is InChI=1S/C10H21N3/c1-9(2)6-7-13(5)10(3)12-8-11-4/h8-9H,6-7H2,1-5H3. The highest BCUT2D eigenvalue weighted by Gasteiger charge is 2.00.